The number of anilines is 2. The molecule has 4 nitrogen and oxygen atoms in total. The van der Waals surface area contributed by atoms with Gasteiger partial charge in [-0.15, -0.1) is 0 Å². The molecule has 3 N–H and O–H groups in total. The number of hydrogen-bond donors (Lipinski definition) is 2. The second kappa shape index (κ2) is 7.14. The van der Waals surface area contributed by atoms with E-state index in [0.29, 0.717) is 24.2 Å². The number of amides is 1. The summed E-state index contributed by atoms with van der Waals surface area (Å²) < 4.78 is 0. The third-order valence-corrected chi connectivity index (χ3v) is 3.13. The zero-order valence-corrected chi connectivity index (χ0v) is 12.3. The van der Waals surface area contributed by atoms with Crippen LogP contribution in [0.2, 0.25) is 0 Å². The zero-order valence-electron chi connectivity index (χ0n) is 12.3. The fourth-order valence-corrected chi connectivity index (χ4v) is 2.06. The maximum atomic E-state index is 11.9. The van der Waals surface area contributed by atoms with Crippen molar-refractivity contribution in [2.24, 2.45) is 5.92 Å². The second-order valence-corrected chi connectivity index (χ2v) is 5.57. The quantitative estimate of drug-likeness (QED) is 0.776. The molecule has 1 aromatic rings. The van der Waals surface area contributed by atoms with Crippen molar-refractivity contribution in [3.63, 3.8) is 0 Å². The van der Waals surface area contributed by atoms with E-state index in [1.807, 2.05) is 19.2 Å². The summed E-state index contributed by atoms with van der Waals surface area (Å²) >= 11 is 0. The summed E-state index contributed by atoms with van der Waals surface area (Å²) in [6.45, 7) is 6.92. The Morgan fingerprint density at radius 1 is 1.37 bits per heavy atom. The first-order valence-electron chi connectivity index (χ1n) is 6.74. The Morgan fingerprint density at radius 3 is 2.63 bits per heavy atom. The molecule has 0 heterocycles. The first kappa shape index (κ1) is 15.5. The van der Waals surface area contributed by atoms with E-state index in [1.165, 1.54) is 0 Å². The van der Waals surface area contributed by atoms with Gasteiger partial charge in [0.25, 0.3) is 0 Å². The molecule has 0 aromatic heterocycles. The molecule has 106 valence electrons. The smallest absolute Gasteiger partial charge is 0.238 e. The fraction of sp³-hybridized carbons (Fsp3) is 0.533. The van der Waals surface area contributed by atoms with Gasteiger partial charge in [-0.1, -0.05) is 19.9 Å². The summed E-state index contributed by atoms with van der Waals surface area (Å²) in [5, 5.41) is 2.86. The Kier molecular flexibility index (Phi) is 5.83. The zero-order chi connectivity index (χ0) is 14.4. The van der Waals surface area contributed by atoms with Crippen LogP contribution in [0.3, 0.4) is 0 Å². The number of carbonyl (C=O) groups excluding carboxylic acids is 1. The van der Waals surface area contributed by atoms with Gasteiger partial charge >= 0.3 is 0 Å². The van der Waals surface area contributed by atoms with Crippen molar-refractivity contribution in [3.05, 3.63) is 24.3 Å². The normalized spacial score (nSPS) is 12.7. The molecule has 0 spiro atoms. The van der Waals surface area contributed by atoms with Crippen LogP contribution in [-0.2, 0) is 4.79 Å². The van der Waals surface area contributed by atoms with E-state index in [-0.39, 0.29) is 5.91 Å². The molecule has 0 saturated heterocycles. The summed E-state index contributed by atoms with van der Waals surface area (Å²) in [6, 6.07) is 7.62. The van der Waals surface area contributed by atoms with Gasteiger partial charge in [0.1, 0.15) is 0 Å². The van der Waals surface area contributed by atoms with Crippen LogP contribution in [0.5, 0.6) is 0 Å². The predicted octanol–water partition coefficient (Wildman–Crippen LogP) is 2.57. The van der Waals surface area contributed by atoms with Crippen molar-refractivity contribution in [1.29, 1.82) is 0 Å². The first-order chi connectivity index (χ1) is 8.88. The molecule has 4 heteroatoms. The second-order valence-electron chi connectivity index (χ2n) is 5.57. The van der Waals surface area contributed by atoms with E-state index in [1.54, 1.807) is 12.1 Å². The minimum atomic E-state index is -0.0105. The first-order valence-corrected chi connectivity index (χ1v) is 6.74. The van der Waals surface area contributed by atoms with E-state index in [2.05, 4.69) is 31.0 Å². The minimum Gasteiger partial charge on any atom is -0.399 e. The molecule has 0 aliphatic rings. The summed E-state index contributed by atoms with van der Waals surface area (Å²) in [4.78, 5) is 14.0. The van der Waals surface area contributed by atoms with Gasteiger partial charge in [0.15, 0.2) is 0 Å². The van der Waals surface area contributed by atoms with E-state index >= 15 is 0 Å². The SMILES string of the molecule is CC(C)CC(C)N(C)CC(=O)Nc1cccc(N)c1. The third-order valence-electron chi connectivity index (χ3n) is 3.13. The Balaban J connectivity index is 2.46. The van der Waals surface area contributed by atoms with Gasteiger partial charge in [-0.05, 0) is 44.5 Å². The third kappa shape index (κ3) is 5.75. The van der Waals surface area contributed by atoms with E-state index in [4.69, 9.17) is 5.73 Å². The lowest BCUT2D eigenvalue weighted by Gasteiger charge is -2.25. The van der Waals surface area contributed by atoms with Crippen molar-refractivity contribution >= 4 is 17.3 Å². The van der Waals surface area contributed by atoms with Crippen LogP contribution in [0.25, 0.3) is 0 Å². The maximum absolute atomic E-state index is 11.9. The summed E-state index contributed by atoms with van der Waals surface area (Å²) in [5.41, 5.74) is 7.07. The summed E-state index contributed by atoms with van der Waals surface area (Å²) in [6.07, 6.45) is 1.09. The minimum absolute atomic E-state index is 0.0105. The van der Waals surface area contributed by atoms with Crippen molar-refractivity contribution in [2.45, 2.75) is 33.2 Å². The maximum Gasteiger partial charge on any atom is 0.238 e. The number of benzene rings is 1. The number of nitrogen functional groups attached to an aromatic ring is 1. The monoisotopic (exact) mass is 263 g/mol. The average molecular weight is 263 g/mol. The number of nitrogens with two attached hydrogens (primary N) is 1. The van der Waals surface area contributed by atoms with Crippen LogP contribution < -0.4 is 11.1 Å². The van der Waals surface area contributed by atoms with Gasteiger partial charge in [0, 0.05) is 17.4 Å². The van der Waals surface area contributed by atoms with Crippen LogP contribution in [0, 0.1) is 5.92 Å². The topological polar surface area (TPSA) is 58.4 Å². The number of rotatable bonds is 6. The number of likely N-dealkylation sites (N-methyl/N-ethyl adjacent to an activating group) is 1. The number of hydrogen-bond acceptors (Lipinski definition) is 3. The van der Waals surface area contributed by atoms with Crippen molar-refractivity contribution in [2.75, 3.05) is 24.6 Å². The molecule has 1 aromatic carbocycles. The van der Waals surface area contributed by atoms with E-state index in [0.717, 1.165) is 12.1 Å². The largest absolute Gasteiger partial charge is 0.399 e. The molecule has 0 saturated carbocycles. The van der Waals surface area contributed by atoms with Gasteiger partial charge in [-0.2, -0.15) is 0 Å². The number of carbonyl (C=O) groups is 1. The molecule has 19 heavy (non-hydrogen) atoms. The highest BCUT2D eigenvalue weighted by molar-refractivity contribution is 5.92. The van der Waals surface area contributed by atoms with Crippen molar-refractivity contribution in [3.8, 4) is 0 Å². The molecular weight excluding hydrogens is 238 g/mol. The van der Waals surface area contributed by atoms with Gasteiger partial charge in [0.2, 0.25) is 5.91 Å². The van der Waals surface area contributed by atoms with Crippen LogP contribution >= 0.6 is 0 Å². The van der Waals surface area contributed by atoms with Crippen molar-refractivity contribution < 1.29 is 4.79 Å². The highest BCUT2D eigenvalue weighted by atomic mass is 16.2. The molecule has 0 fully saturated rings. The van der Waals surface area contributed by atoms with Crippen LogP contribution in [0.4, 0.5) is 11.4 Å². The summed E-state index contributed by atoms with van der Waals surface area (Å²) in [5.74, 6) is 0.623. The molecule has 1 amide bonds. The Bertz CT molecular complexity index is 418. The highest BCUT2D eigenvalue weighted by Gasteiger charge is 2.14. The van der Waals surface area contributed by atoms with Crippen LogP contribution in [0.1, 0.15) is 27.2 Å². The number of nitrogens with zero attached hydrogens (tertiary/aromatic N) is 1. The average Bonchev–Trinajstić information content (AvgIpc) is 2.27. The molecule has 1 rings (SSSR count). The van der Waals surface area contributed by atoms with Gasteiger partial charge in [0.05, 0.1) is 6.54 Å². The fourth-order valence-electron chi connectivity index (χ4n) is 2.06. The lowest BCUT2D eigenvalue weighted by atomic mass is 10.0. The standard InChI is InChI=1S/C15H25N3O/c1-11(2)8-12(3)18(4)10-15(19)17-14-7-5-6-13(16)9-14/h5-7,9,11-12H,8,10,16H2,1-4H3,(H,17,19). The highest BCUT2D eigenvalue weighted by Crippen LogP contribution is 2.12. The Hall–Kier alpha value is -1.55. The van der Waals surface area contributed by atoms with Gasteiger partial charge in [-0.25, -0.2) is 0 Å². The van der Waals surface area contributed by atoms with Crippen LogP contribution in [-0.4, -0.2) is 30.4 Å². The Morgan fingerprint density at radius 2 is 2.05 bits per heavy atom. The lowest BCUT2D eigenvalue weighted by molar-refractivity contribution is -0.117. The molecule has 0 aliphatic heterocycles. The lowest BCUT2D eigenvalue weighted by Crippen LogP contribution is -2.37. The van der Waals surface area contributed by atoms with Crippen LogP contribution in [0.15, 0.2) is 24.3 Å². The van der Waals surface area contributed by atoms with E-state index < -0.39 is 0 Å². The molecule has 0 radical (unpaired) electrons. The molecule has 1 unspecified atom stereocenters. The van der Waals surface area contributed by atoms with Gasteiger partial charge < -0.3 is 11.1 Å². The van der Waals surface area contributed by atoms with Crippen molar-refractivity contribution in [1.82, 2.24) is 4.90 Å². The van der Waals surface area contributed by atoms with E-state index in [9.17, 15) is 4.79 Å². The molecular formula is C15H25N3O. The predicted molar refractivity (Wildman–Crippen MR) is 81.0 cm³/mol. The summed E-state index contributed by atoms with van der Waals surface area (Å²) in [7, 11) is 1.98. The van der Waals surface area contributed by atoms with Gasteiger partial charge in [-0.3, -0.25) is 9.69 Å². The molecule has 1 atom stereocenters. The number of nitrogens with one attached hydrogen (secondary N) is 1. The Labute approximate surface area is 116 Å². The molecule has 0 bridgehead atoms. The molecule has 0 aliphatic carbocycles.